The van der Waals surface area contributed by atoms with Crippen molar-refractivity contribution in [1.82, 2.24) is 30.0 Å². The summed E-state index contributed by atoms with van der Waals surface area (Å²) in [6.45, 7) is 2.77. The third-order valence-corrected chi connectivity index (χ3v) is 4.55. The van der Waals surface area contributed by atoms with E-state index < -0.39 is 10.0 Å². The molecule has 126 valence electrons. The minimum atomic E-state index is -3.17. The number of guanidine groups is 1. The van der Waals surface area contributed by atoms with Gasteiger partial charge in [0.15, 0.2) is 17.4 Å². The lowest BCUT2D eigenvalue weighted by molar-refractivity contribution is 0.581. The average molecular weight is 339 g/mol. The molecule has 0 fully saturated rings. The predicted molar refractivity (Wildman–Crippen MR) is 88.7 cm³/mol. The molecule has 2 heterocycles. The Morgan fingerprint density at radius 3 is 2.83 bits per heavy atom. The number of hydrogen-bond donors (Lipinski definition) is 3. The second kappa shape index (κ2) is 7.88. The number of nitrogens with zero attached hydrogens (tertiary/aromatic N) is 4. The lowest BCUT2D eigenvalue weighted by Gasteiger charge is -2.11. The zero-order valence-corrected chi connectivity index (χ0v) is 14.0. The highest BCUT2D eigenvalue weighted by Crippen LogP contribution is 2.01. The Kier molecular flexibility index (Phi) is 5.88. The van der Waals surface area contributed by atoms with Gasteiger partial charge in [-0.3, -0.25) is 9.39 Å². The van der Waals surface area contributed by atoms with Gasteiger partial charge in [0.25, 0.3) is 0 Å². The van der Waals surface area contributed by atoms with E-state index in [9.17, 15) is 8.42 Å². The normalized spacial score (nSPS) is 12.5. The average Bonchev–Trinajstić information content (AvgIpc) is 2.97. The quantitative estimate of drug-likeness (QED) is 0.350. The molecule has 10 heteroatoms. The van der Waals surface area contributed by atoms with Gasteiger partial charge in [0.05, 0.1) is 12.3 Å². The summed E-state index contributed by atoms with van der Waals surface area (Å²) in [5, 5.41) is 14.3. The van der Waals surface area contributed by atoms with Gasteiger partial charge in [0.1, 0.15) is 0 Å². The van der Waals surface area contributed by atoms with Crippen LogP contribution in [0.25, 0.3) is 5.65 Å². The minimum Gasteiger partial charge on any atom is -0.355 e. The van der Waals surface area contributed by atoms with Crippen LogP contribution in [0.2, 0.25) is 0 Å². The third-order valence-electron chi connectivity index (χ3n) is 3.14. The molecule has 0 bridgehead atoms. The Balaban J connectivity index is 1.81. The molecular weight excluding hydrogens is 318 g/mol. The molecule has 9 nitrogen and oxygen atoms in total. The monoisotopic (exact) mass is 339 g/mol. The van der Waals surface area contributed by atoms with Crippen LogP contribution in [-0.2, 0) is 16.6 Å². The Hall–Kier alpha value is -2.20. The number of nitrogens with one attached hydrogen (secondary N) is 3. The van der Waals surface area contributed by atoms with Crippen molar-refractivity contribution in [3.05, 3.63) is 30.2 Å². The van der Waals surface area contributed by atoms with Crippen LogP contribution in [-0.4, -0.2) is 54.9 Å². The largest absolute Gasteiger partial charge is 0.355 e. The molecule has 0 atom stereocenters. The fourth-order valence-corrected chi connectivity index (χ4v) is 2.50. The molecule has 0 aliphatic rings. The standard InChI is InChI=1S/C13H21N7O2S/c1-3-23(21,22)17-8-7-15-13(14-2)16-10-12-19-18-11-6-4-5-9-20(11)12/h4-6,9,17H,3,7-8,10H2,1-2H3,(H2,14,15,16). The molecule has 23 heavy (non-hydrogen) atoms. The first-order chi connectivity index (χ1) is 11.1. The lowest BCUT2D eigenvalue weighted by Crippen LogP contribution is -2.41. The second-order valence-corrected chi connectivity index (χ2v) is 6.79. The van der Waals surface area contributed by atoms with Gasteiger partial charge < -0.3 is 10.6 Å². The number of sulfonamides is 1. The Morgan fingerprint density at radius 2 is 2.09 bits per heavy atom. The summed E-state index contributed by atoms with van der Waals surface area (Å²) in [4.78, 5) is 4.08. The molecule has 0 aromatic carbocycles. The molecule has 0 saturated heterocycles. The second-order valence-electron chi connectivity index (χ2n) is 4.70. The molecule has 2 aromatic heterocycles. The Labute approximate surface area is 135 Å². The highest BCUT2D eigenvalue weighted by Gasteiger charge is 2.07. The van der Waals surface area contributed by atoms with Gasteiger partial charge in [-0.1, -0.05) is 6.07 Å². The van der Waals surface area contributed by atoms with E-state index in [-0.39, 0.29) is 5.75 Å². The zero-order chi connectivity index (χ0) is 16.7. The fraction of sp³-hybridized carbons (Fsp3) is 0.462. The molecule has 2 aromatic rings. The van der Waals surface area contributed by atoms with Crippen LogP contribution < -0.4 is 15.4 Å². The minimum absolute atomic E-state index is 0.0694. The van der Waals surface area contributed by atoms with Crippen LogP contribution in [0.5, 0.6) is 0 Å². The third kappa shape index (κ3) is 4.89. The van der Waals surface area contributed by atoms with Crippen molar-refractivity contribution in [2.75, 3.05) is 25.9 Å². The summed E-state index contributed by atoms with van der Waals surface area (Å²) in [6, 6.07) is 5.69. The zero-order valence-electron chi connectivity index (χ0n) is 13.2. The van der Waals surface area contributed by atoms with E-state index in [1.807, 2.05) is 28.8 Å². The molecule has 3 N–H and O–H groups in total. The van der Waals surface area contributed by atoms with E-state index in [0.717, 1.165) is 11.5 Å². The fourth-order valence-electron chi connectivity index (χ4n) is 1.88. The van der Waals surface area contributed by atoms with Crippen molar-refractivity contribution in [1.29, 1.82) is 0 Å². The highest BCUT2D eigenvalue weighted by atomic mass is 32.2. The van der Waals surface area contributed by atoms with Crippen LogP contribution in [0.3, 0.4) is 0 Å². The van der Waals surface area contributed by atoms with Gasteiger partial charge in [-0.15, -0.1) is 10.2 Å². The van der Waals surface area contributed by atoms with E-state index in [0.29, 0.717) is 25.6 Å². The number of hydrogen-bond acceptors (Lipinski definition) is 5. The van der Waals surface area contributed by atoms with Gasteiger partial charge in [0, 0.05) is 26.3 Å². The molecule has 0 unspecified atom stereocenters. The van der Waals surface area contributed by atoms with Crippen LogP contribution in [0.15, 0.2) is 29.4 Å². The number of pyridine rings is 1. The Bertz CT molecular complexity index is 769. The van der Waals surface area contributed by atoms with Crippen molar-refractivity contribution in [3.63, 3.8) is 0 Å². The van der Waals surface area contributed by atoms with E-state index in [1.54, 1.807) is 14.0 Å². The molecule has 0 aliphatic carbocycles. The first-order valence-electron chi connectivity index (χ1n) is 7.26. The first kappa shape index (κ1) is 17.2. The maximum Gasteiger partial charge on any atom is 0.211 e. The molecule has 0 aliphatic heterocycles. The molecule has 0 spiro atoms. The molecule has 0 saturated carbocycles. The Morgan fingerprint density at radius 1 is 1.26 bits per heavy atom. The van der Waals surface area contributed by atoms with Crippen LogP contribution in [0, 0.1) is 0 Å². The maximum atomic E-state index is 11.3. The smallest absolute Gasteiger partial charge is 0.211 e. The van der Waals surface area contributed by atoms with E-state index >= 15 is 0 Å². The van der Waals surface area contributed by atoms with Crippen molar-refractivity contribution in [3.8, 4) is 0 Å². The summed E-state index contributed by atoms with van der Waals surface area (Å²) >= 11 is 0. The van der Waals surface area contributed by atoms with E-state index in [4.69, 9.17) is 0 Å². The van der Waals surface area contributed by atoms with Crippen LogP contribution >= 0.6 is 0 Å². The lowest BCUT2D eigenvalue weighted by atomic mass is 10.4. The maximum absolute atomic E-state index is 11.3. The molecule has 0 radical (unpaired) electrons. The summed E-state index contributed by atoms with van der Waals surface area (Å²) in [6.07, 6.45) is 1.89. The number of fused-ring (bicyclic) bond motifs is 1. The van der Waals surface area contributed by atoms with Crippen molar-refractivity contribution in [2.24, 2.45) is 4.99 Å². The summed E-state index contributed by atoms with van der Waals surface area (Å²) in [7, 11) is -1.52. The summed E-state index contributed by atoms with van der Waals surface area (Å²) in [5.41, 5.74) is 0.779. The molecule has 2 rings (SSSR count). The summed E-state index contributed by atoms with van der Waals surface area (Å²) < 4.78 is 27.0. The SMILES string of the molecule is CCS(=O)(=O)NCCNC(=NC)NCc1nnc2ccccn12. The van der Waals surface area contributed by atoms with Gasteiger partial charge in [-0.25, -0.2) is 13.1 Å². The van der Waals surface area contributed by atoms with Crippen molar-refractivity contribution >= 4 is 21.6 Å². The highest BCUT2D eigenvalue weighted by molar-refractivity contribution is 7.89. The first-order valence-corrected chi connectivity index (χ1v) is 8.91. The number of rotatable bonds is 7. The van der Waals surface area contributed by atoms with Gasteiger partial charge >= 0.3 is 0 Å². The number of aromatic nitrogens is 3. The van der Waals surface area contributed by atoms with Gasteiger partial charge in [0.2, 0.25) is 10.0 Å². The van der Waals surface area contributed by atoms with Crippen LogP contribution in [0.4, 0.5) is 0 Å². The van der Waals surface area contributed by atoms with Crippen molar-refractivity contribution < 1.29 is 8.42 Å². The van der Waals surface area contributed by atoms with Gasteiger partial charge in [-0.2, -0.15) is 0 Å². The van der Waals surface area contributed by atoms with Crippen molar-refractivity contribution in [2.45, 2.75) is 13.5 Å². The topological polar surface area (TPSA) is 113 Å². The predicted octanol–water partition coefficient (Wildman–Crippen LogP) is -0.666. The molecular formula is C13H21N7O2S. The van der Waals surface area contributed by atoms with E-state index in [1.165, 1.54) is 0 Å². The summed E-state index contributed by atoms with van der Waals surface area (Å²) in [5.74, 6) is 1.39. The number of aliphatic imine (C=N–C) groups is 1. The van der Waals surface area contributed by atoms with Gasteiger partial charge in [-0.05, 0) is 19.1 Å². The van der Waals surface area contributed by atoms with E-state index in [2.05, 4.69) is 30.5 Å². The van der Waals surface area contributed by atoms with Crippen LogP contribution in [0.1, 0.15) is 12.7 Å². The molecule has 0 amide bonds.